The number of amides is 1. The first-order chi connectivity index (χ1) is 12.7. The van der Waals surface area contributed by atoms with Gasteiger partial charge in [-0.1, -0.05) is 18.2 Å². The summed E-state index contributed by atoms with van der Waals surface area (Å²) in [6.45, 7) is 3.30. The average molecular weight is 373 g/mol. The Bertz CT molecular complexity index is 747. The van der Waals surface area contributed by atoms with Crippen LogP contribution in [0.25, 0.3) is 0 Å². The van der Waals surface area contributed by atoms with Crippen LogP contribution in [0.15, 0.2) is 35.7 Å². The van der Waals surface area contributed by atoms with Crippen LogP contribution in [0.3, 0.4) is 0 Å². The molecular weight excluding hydrogens is 350 g/mol. The first kappa shape index (κ1) is 18.4. The third kappa shape index (κ3) is 4.82. The molecule has 0 radical (unpaired) electrons. The largest absolute Gasteiger partial charge is 0.466 e. The summed E-state index contributed by atoms with van der Waals surface area (Å²) in [4.78, 5) is 30.8. The minimum atomic E-state index is -0.210. The van der Waals surface area contributed by atoms with Crippen molar-refractivity contribution in [2.24, 2.45) is 5.92 Å². The summed E-state index contributed by atoms with van der Waals surface area (Å²) in [5.74, 6) is -0.401. The first-order valence-electron chi connectivity index (χ1n) is 8.86. The summed E-state index contributed by atoms with van der Waals surface area (Å²) in [6, 6.07) is 9.80. The number of carbonyl (C=O) groups is 2. The highest BCUT2D eigenvalue weighted by molar-refractivity contribution is 7.13. The second-order valence-electron chi connectivity index (χ2n) is 6.24. The molecule has 26 heavy (non-hydrogen) atoms. The number of rotatable bonds is 6. The molecule has 2 aromatic rings. The standard InChI is InChI=1S/C19H23N3O3S/c1-2-25-18(24)14-7-6-10-22(12-14)17(23)11-16-13-26-19(21-16)20-15-8-4-3-5-9-15/h3-5,8-9,13-14H,2,6-7,10-12H2,1H3,(H,20,21). The summed E-state index contributed by atoms with van der Waals surface area (Å²) in [5.41, 5.74) is 1.71. The number of nitrogens with one attached hydrogen (secondary N) is 1. The van der Waals surface area contributed by atoms with Gasteiger partial charge >= 0.3 is 5.97 Å². The lowest BCUT2D eigenvalue weighted by atomic mass is 9.98. The third-order valence-corrected chi connectivity index (χ3v) is 5.11. The number of likely N-dealkylation sites (tertiary alicyclic amines) is 1. The van der Waals surface area contributed by atoms with Gasteiger partial charge in [0.15, 0.2) is 5.13 Å². The van der Waals surface area contributed by atoms with Gasteiger partial charge in [0, 0.05) is 24.2 Å². The van der Waals surface area contributed by atoms with Crippen molar-refractivity contribution >= 4 is 34.0 Å². The van der Waals surface area contributed by atoms with E-state index in [2.05, 4.69) is 10.3 Å². The van der Waals surface area contributed by atoms with E-state index in [-0.39, 0.29) is 24.2 Å². The molecular formula is C19H23N3O3S. The molecule has 138 valence electrons. The number of para-hydroxylation sites is 1. The number of thiazole rings is 1. The van der Waals surface area contributed by atoms with Crippen LogP contribution < -0.4 is 5.32 Å². The highest BCUT2D eigenvalue weighted by atomic mass is 32.1. The van der Waals surface area contributed by atoms with Crippen molar-refractivity contribution in [3.63, 3.8) is 0 Å². The van der Waals surface area contributed by atoms with Crippen molar-refractivity contribution < 1.29 is 14.3 Å². The fourth-order valence-electron chi connectivity index (χ4n) is 3.01. The van der Waals surface area contributed by atoms with Gasteiger partial charge in [-0.25, -0.2) is 4.98 Å². The highest BCUT2D eigenvalue weighted by Gasteiger charge is 2.29. The zero-order chi connectivity index (χ0) is 18.4. The molecule has 1 aliphatic heterocycles. The molecule has 1 amide bonds. The maximum absolute atomic E-state index is 12.6. The molecule has 0 bridgehead atoms. The van der Waals surface area contributed by atoms with Crippen molar-refractivity contribution in [1.82, 2.24) is 9.88 Å². The van der Waals surface area contributed by atoms with E-state index in [4.69, 9.17) is 4.74 Å². The maximum Gasteiger partial charge on any atom is 0.310 e. The summed E-state index contributed by atoms with van der Waals surface area (Å²) in [7, 11) is 0. The quantitative estimate of drug-likeness (QED) is 0.787. The molecule has 3 rings (SSSR count). The molecule has 1 atom stereocenters. The van der Waals surface area contributed by atoms with E-state index < -0.39 is 0 Å². The van der Waals surface area contributed by atoms with Crippen LogP contribution in [0.2, 0.25) is 0 Å². The van der Waals surface area contributed by atoms with Gasteiger partial charge < -0.3 is 15.0 Å². The zero-order valence-electron chi connectivity index (χ0n) is 14.8. The van der Waals surface area contributed by atoms with Gasteiger partial charge in [-0.2, -0.15) is 0 Å². The summed E-state index contributed by atoms with van der Waals surface area (Å²) in [5, 5.41) is 5.90. The van der Waals surface area contributed by atoms with Gasteiger partial charge in [-0.15, -0.1) is 11.3 Å². The molecule has 1 aromatic carbocycles. The predicted octanol–water partition coefficient (Wildman–Crippen LogP) is 3.23. The molecule has 1 unspecified atom stereocenters. The minimum absolute atomic E-state index is 0.00978. The van der Waals surface area contributed by atoms with E-state index in [1.165, 1.54) is 11.3 Å². The molecule has 1 aromatic heterocycles. The van der Waals surface area contributed by atoms with E-state index in [1.807, 2.05) is 35.7 Å². The van der Waals surface area contributed by atoms with Crippen molar-refractivity contribution in [2.45, 2.75) is 26.2 Å². The zero-order valence-corrected chi connectivity index (χ0v) is 15.6. The highest BCUT2D eigenvalue weighted by Crippen LogP contribution is 2.22. The van der Waals surface area contributed by atoms with E-state index in [1.54, 1.807) is 11.8 Å². The van der Waals surface area contributed by atoms with Crippen molar-refractivity contribution in [3.8, 4) is 0 Å². The Morgan fingerprint density at radius 2 is 2.15 bits per heavy atom. The minimum Gasteiger partial charge on any atom is -0.466 e. The van der Waals surface area contributed by atoms with Gasteiger partial charge in [0.1, 0.15) is 0 Å². The van der Waals surface area contributed by atoms with E-state index in [0.29, 0.717) is 19.7 Å². The second kappa shape index (κ2) is 8.80. The monoisotopic (exact) mass is 373 g/mol. The second-order valence-corrected chi connectivity index (χ2v) is 7.10. The Labute approximate surface area is 157 Å². The Balaban J connectivity index is 1.55. The smallest absolute Gasteiger partial charge is 0.310 e. The van der Waals surface area contributed by atoms with Gasteiger partial charge in [0.25, 0.3) is 0 Å². The number of anilines is 2. The number of ether oxygens (including phenoxy) is 1. The Kier molecular flexibility index (Phi) is 6.22. The number of hydrogen-bond acceptors (Lipinski definition) is 6. The van der Waals surface area contributed by atoms with Gasteiger partial charge in [-0.3, -0.25) is 9.59 Å². The van der Waals surface area contributed by atoms with Gasteiger partial charge in [0.2, 0.25) is 5.91 Å². The number of carbonyl (C=O) groups excluding carboxylic acids is 2. The average Bonchev–Trinajstić information content (AvgIpc) is 3.09. The number of esters is 1. The summed E-state index contributed by atoms with van der Waals surface area (Å²) < 4.78 is 5.09. The normalized spacial score (nSPS) is 17.0. The maximum atomic E-state index is 12.6. The molecule has 0 aliphatic carbocycles. The fourth-order valence-corrected chi connectivity index (χ4v) is 3.74. The molecule has 0 saturated carbocycles. The lowest BCUT2D eigenvalue weighted by Crippen LogP contribution is -2.43. The van der Waals surface area contributed by atoms with Gasteiger partial charge in [-0.05, 0) is 31.9 Å². The summed E-state index contributed by atoms with van der Waals surface area (Å²) in [6.07, 6.45) is 1.86. The number of hydrogen-bond donors (Lipinski definition) is 1. The molecule has 6 nitrogen and oxygen atoms in total. The van der Waals surface area contributed by atoms with E-state index in [9.17, 15) is 9.59 Å². The molecule has 1 fully saturated rings. The van der Waals surface area contributed by atoms with E-state index in [0.717, 1.165) is 29.4 Å². The predicted molar refractivity (Wildman–Crippen MR) is 101 cm³/mol. The van der Waals surface area contributed by atoms with Crippen LogP contribution in [-0.4, -0.2) is 41.5 Å². The lowest BCUT2D eigenvalue weighted by molar-refractivity contribution is -0.151. The van der Waals surface area contributed by atoms with Crippen molar-refractivity contribution in [1.29, 1.82) is 0 Å². The number of piperidine rings is 1. The Morgan fingerprint density at radius 3 is 2.92 bits per heavy atom. The van der Waals surface area contributed by atoms with Crippen LogP contribution in [0.1, 0.15) is 25.5 Å². The number of aromatic nitrogens is 1. The van der Waals surface area contributed by atoms with E-state index >= 15 is 0 Å². The molecule has 2 heterocycles. The SMILES string of the molecule is CCOC(=O)C1CCCN(C(=O)Cc2csc(Nc3ccccc3)n2)C1. The van der Waals surface area contributed by atoms with Crippen LogP contribution >= 0.6 is 11.3 Å². The number of benzene rings is 1. The van der Waals surface area contributed by atoms with Crippen LogP contribution in [0, 0.1) is 5.92 Å². The molecule has 1 saturated heterocycles. The summed E-state index contributed by atoms with van der Waals surface area (Å²) >= 11 is 1.48. The third-order valence-electron chi connectivity index (χ3n) is 4.30. The van der Waals surface area contributed by atoms with Gasteiger partial charge in [0.05, 0.1) is 24.6 Å². The molecule has 1 N–H and O–H groups in total. The van der Waals surface area contributed by atoms with Crippen molar-refractivity contribution in [2.75, 3.05) is 25.0 Å². The Hall–Kier alpha value is -2.41. The Morgan fingerprint density at radius 1 is 1.35 bits per heavy atom. The molecule has 0 spiro atoms. The topological polar surface area (TPSA) is 71.5 Å². The van der Waals surface area contributed by atoms with Crippen LogP contribution in [-0.2, 0) is 20.7 Å². The fraction of sp³-hybridized carbons (Fsp3) is 0.421. The lowest BCUT2D eigenvalue weighted by Gasteiger charge is -2.31. The molecule has 1 aliphatic rings. The molecule has 7 heteroatoms. The van der Waals surface area contributed by atoms with Crippen molar-refractivity contribution in [3.05, 3.63) is 41.4 Å². The first-order valence-corrected chi connectivity index (χ1v) is 9.74. The van der Waals surface area contributed by atoms with Crippen LogP contribution in [0.4, 0.5) is 10.8 Å². The number of nitrogens with zero attached hydrogens (tertiary/aromatic N) is 2. The van der Waals surface area contributed by atoms with Crippen LogP contribution in [0.5, 0.6) is 0 Å².